The molecule has 6 atom stereocenters. The van der Waals surface area contributed by atoms with Gasteiger partial charge >= 0.3 is 23.5 Å². The van der Waals surface area contributed by atoms with E-state index in [1.54, 1.807) is 0 Å². The third kappa shape index (κ3) is 9.25. The second kappa shape index (κ2) is 13.0. The summed E-state index contributed by atoms with van der Waals surface area (Å²) < 4.78 is 51.9. The Kier molecular flexibility index (Phi) is 11.2. The lowest BCUT2D eigenvalue weighted by atomic mass is 10.1. The van der Waals surface area contributed by atoms with Crippen molar-refractivity contribution in [2.45, 2.75) is 30.1 Å². The van der Waals surface area contributed by atoms with Gasteiger partial charge < -0.3 is 61.3 Å². The van der Waals surface area contributed by atoms with Gasteiger partial charge in [-0.15, -0.1) is 0 Å². The molecule has 0 aliphatic carbocycles. The van der Waals surface area contributed by atoms with Crippen molar-refractivity contribution in [2.24, 2.45) is 5.73 Å². The topological polar surface area (TPSA) is 366 Å². The van der Waals surface area contributed by atoms with Crippen molar-refractivity contribution in [3.8, 4) is 0 Å². The van der Waals surface area contributed by atoms with Gasteiger partial charge in [0.05, 0.1) is 38.3 Å². The summed E-state index contributed by atoms with van der Waals surface area (Å²) in [7, 11) is -16.7. The summed E-state index contributed by atoms with van der Waals surface area (Å²) in [5.74, 6) is 0.0426. The number of phosphoric ester groups is 1. The summed E-state index contributed by atoms with van der Waals surface area (Å²) in [6, 6.07) is 0. The molecule has 1 saturated heterocycles. The molecule has 1 aliphatic rings. The van der Waals surface area contributed by atoms with Gasteiger partial charge in [-0.05, 0) is 0 Å². The molecule has 13 N–H and O–H groups in total. The summed E-state index contributed by atoms with van der Waals surface area (Å²) >= 11 is 0. The first-order valence-corrected chi connectivity index (χ1v) is 14.7. The fourth-order valence-corrected chi connectivity index (χ4v) is 5.80. The molecule has 1 fully saturated rings. The Morgan fingerprint density at radius 2 is 1.54 bits per heavy atom. The Labute approximate surface area is 217 Å². The van der Waals surface area contributed by atoms with E-state index in [1.807, 2.05) is 0 Å². The van der Waals surface area contributed by atoms with Crippen LogP contribution in [0.15, 0.2) is 12.7 Å². The number of anilines is 1. The Balaban J connectivity index is 0.000000580. The van der Waals surface area contributed by atoms with Gasteiger partial charge in [0.2, 0.25) is 0 Å². The minimum Gasteiger partial charge on any atom is -0.394 e. The number of nitrogens with two attached hydrogens (primary N) is 2. The van der Waals surface area contributed by atoms with E-state index in [1.165, 1.54) is 10.9 Å². The molecular formula is C14H27N6O16P3. The van der Waals surface area contributed by atoms with Gasteiger partial charge in [-0.25, -0.2) is 28.6 Å². The number of imidazole rings is 1. The molecule has 2 aromatic rings. The number of aliphatic hydroxyl groups is 5. The maximum atomic E-state index is 11.8. The lowest BCUT2D eigenvalue weighted by Gasteiger charge is -2.20. The highest BCUT2D eigenvalue weighted by Gasteiger charge is 2.47. The van der Waals surface area contributed by atoms with Crippen LogP contribution in [-0.4, -0.2) is 115 Å². The zero-order chi connectivity index (χ0) is 29.8. The van der Waals surface area contributed by atoms with Crippen molar-refractivity contribution < 1.29 is 76.7 Å². The molecule has 22 nitrogen and oxygen atoms in total. The third-order valence-corrected chi connectivity index (χ3v) is 8.56. The van der Waals surface area contributed by atoms with Gasteiger partial charge in [-0.2, -0.15) is 8.62 Å². The van der Waals surface area contributed by atoms with Crippen molar-refractivity contribution >= 4 is 40.4 Å². The number of aromatic nitrogens is 4. The van der Waals surface area contributed by atoms with Gasteiger partial charge in [0.1, 0.15) is 30.2 Å². The minimum absolute atomic E-state index is 0.0426. The maximum absolute atomic E-state index is 11.8. The standard InChI is InChI=1S/C10H16N5O13P3.C4H11NO3/c11-8-5-9(13-2-12-8)15(3-14-5)10-7(17)6(16)4(26-10)1-25-30(21,22)28-31(23,24)27-29(18,19)20;5-4(1-6,2-7)3-8/h2-4,6-7,10,16-17H,1H2,(H,21,22)(H,23,24)(H2,11,12,13)(H2,18,19,20);6-8H,1-3,5H2/t4-,6-,7-,10-;/m1./s1. The van der Waals surface area contributed by atoms with Gasteiger partial charge in [-0.3, -0.25) is 9.09 Å². The van der Waals surface area contributed by atoms with E-state index < -0.39 is 80.0 Å². The molecule has 3 heterocycles. The number of nitrogens with zero attached hydrogens (tertiary/aromatic N) is 4. The van der Waals surface area contributed by atoms with Crippen molar-refractivity contribution in [1.82, 2.24) is 19.5 Å². The minimum atomic E-state index is -5.70. The highest BCUT2D eigenvalue weighted by Crippen LogP contribution is 2.66. The normalized spacial score (nSPS) is 25.1. The van der Waals surface area contributed by atoms with E-state index in [4.69, 9.17) is 46.2 Å². The maximum Gasteiger partial charge on any atom is 0.490 e. The molecule has 0 saturated carbocycles. The molecule has 39 heavy (non-hydrogen) atoms. The zero-order valence-corrected chi connectivity index (χ0v) is 22.1. The number of hydrogen-bond acceptors (Lipinski definition) is 17. The third-order valence-electron chi connectivity index (χ3n) is 4.76. The molecule has 0 amide bonds. The second-order valence-corrected chi connectivity index (χ2v) is 12.3. The average molecular weight is 628 g/mol. The van der Waals surface area contributed by atoms with Crippen LogP contribution in [0.4, 0.5) is 5.82 Å². The van der Waals surface area contributed by atoms with Gasteiger partial charge in [0.15, 0.2) is 17.7 Å². The molecule has 0 bridgehead atoms. The van der Waals surface area contributed by atoms with E-state index in [0.29, 0.717) is 0 Å². The van der Waals surface area contributed by atoms with Crippen molar-refractivity contribution in [1.29, 1.82) is 0 Å². The molecule has 224 valence electrons. The van der Waals surface area contributed by atoms with Crippen LogP contribution in [0.1, 0.15) is 6.23 Å². The Bertz CT molecular complexity index is 1250. The number of hydrogen-bond donors (Lipinski definition) is 11. The first-order chi connectivity index (χ1) is 17.9. The fourth-order valence-electron chi connectivity index (χ4n) is 2.77. The van der Waals surface area contributed by atoms with Crippen molar-refractivity contribution in [3.63, 3.8) is 0 Å². The highest BCUT2D eigenvalue weighted by molar-refractivity contribution is 7.66. The molecule has 25 heteroatoms. The lowest BCUT2D eigenvalue weighted by Crippen LogP contribution is -2.50. The van der Waals surface area contributed by atoms with E-state index in [0.717, 1.165) is 6.33 Å². The van der Waals surface area contributed by atoms with Crippen LogP contribution < -0.4 is 11.5 Å². The largest absolute Gasteiger partial charge is 0.490 e. The van der Waals surface area contributed by atoms with Gasteiger partial charge in [0, 0.05) is 0 Å². The smallest absolute Gasteiger partial charge is 0.394 e. The number of fused-ring (bicyclic) bond motifs is 1. The summed E-state index contributed by atoms with van der Waals surface area (Å²) in [4.78, 5) is 47.2. The molecular weight excluding hydrogens is 601 g/mol. The van der Waals surface area contributed by atoms with E-state index in [-0.39, 0.29) is 17.0 Å². The molecule has 2 unspecified atom stereocenters. The quantitative estimate of drug-likeness (QED) is 0.106. The molecule has 1 aliphatic heterocycles. The highest BCUT2D eigenvalue weighted by atomic mass is 31.3. The van der Waals surface area contributed by atoms with E-state index in [9.17, 15) is 28.8 Å². The Morgan fingerprint density at radius 1 is 0.949 bits per heavy atom. The molecule has 0 spiro atoms. The van der Waals surface area contributed by atoms with Crippen LogP contribution in [0, 0.1) is 0 Å². The van der Waals surface area contributed by atoms with E-state index >= 15 is 0 Å². The molecule has 0 aromatic carbocycles. The molecule has 2 aromatic heterocycles. The average Bonchev–Trinajstić information content (AvgIpc) is 3.37. The summed E-state index contributed by atoms with van der Waals surface area (Å²) in [6.07, 6.45) is -3.69. The monoisotopic (exact) mass is 628 g/mol. The first kappa shape index (κ1) is 33.7. The Hall–Kier alpha value is -1.52. The van der Waals surface area contributed by atoms with Crippen LogP contribution >= 0.6 is 23.5 Å². The second-order valence-electron chi connectivity index (χ2n) is 7.85. The molecule has 0 radical (unpaired) electrons. The van der Waals surface area contributed by atoms with Crippen LogP contribution in [0.5, 0.6) is 0 Å². The van der Waals surface area contributed by atoms with Crippen molar-refractivity contribution in [3.05, 3.63) is 12.7 Å². The SMILES string of the molecule is NC(CO)(CO)CO.Nc1ncnc2c1ncn2[C@@H]1O[C@H](COP(=O)(O)OP(=O)(O)OP(=O)(O)O)[C@@H](O)[C@H]1O. The zero-order valence-electron chi connectivity index (χ0n) is 19.5. The van der Waals surface area contributed by atoms with Crippen LogP contribution in [0.2, 0.25) is 0 Å². The number of ether oxygens (including phenoxy) is 1. The molecule has 3 rings (SSSR count). The number of rotatable bonds is 11. The first-order valence-electron chi connectivity index (χ1n) is 10.2. The van der Waals surface area contributed by atoms with E-state index in [2.05, 4.69) is 28.1 Å². The summed E-state index contributed by atoms with van der Waals surface area (Å²) in [5, 5.41) is 45.4. The van der Waals surface area contributed by atoms with Crippen LogP contribution in [-0.2, 0) is 31.6 Å². The summed E-state index contributed by atoms with van der Waals surface area (Å²) in [5.41, 5.74) is 9.94. The summed E-state index contributed by atoms with van der Waals surface area (Å²) in [6.45, 7) is -2.16. The number of nitrogen functional groups attached to an aromatic ring is 1. The predicted octanol–water partition coefficient (Wildman–Crippen LogP) is -3.97. The van der Waals surface area contributed by atoms with Crippen LogP contribution in [0.25, 0.3) is 11.2 Å². The predicted molar refractivity (Wildman–Crippen MR) is 124 cm³/mol. The lowest BCUT2D eigenvalue weighted by molar-refractivity contribution is -0.0503. The van der Waals surface area contributed by atoms with Crippen LogP contribution in [0.3, 0.4) is 0 Å². The number of aliphatic hydroxyl groups excluding tert-OH is 5. The Morgan fingerprint density at radius 3 is 2.05 bits per heavy atom. The van der Waals surface area contributed by atoms with Crippen molar-refractivity contribution in [2.75, 3.05) is 32.2 Å². The van der Waals surface area contributed by atoms with Gasteiger partial charge in [-0.1, -0.05) is 0 Å². The number of phosphoric acid groups is 3. The fraction of sp³-hybridized carbons (Fsp3) is 0.643. The van der Waals surface area contributed by atoms with Gasteiger partial charge in [0.25, 0.3) is 0 Å².